The Morgan fingerprint density at radius 3 is 2.44 bits per heavy atom. The number of halogens is 4. The van der Waals surface area contributed by atoms with Gasteiger partial charge in [-0.1, -0.05) is 39.0 Å². The number of carbonyl (C=O) groups excluding carboxylic acids is 1. The average molecular weight is 471 g/mol. The van der Waals surface area contributed by atoms with Gasteiger partial charge in [0.15, 0.2) is 0 Å². The molecule has 0 aromatic heterocycles. The van der Waals surface area contributed by atoms with Gasteiger partial charge in [0.05, 0.1) is 29.6 Å². The summed E-state index contributed by atoms with van der Waals surface area (Å²) >= 11 is 0. The molecule has 0 saturated carbocycles. The lowest BCUT2D eigenvalue weighted by molar-refractivity contribution is -0.135. The lowest BCUT2D eigenvalue weighted by atomic mass is 9.95. The summed E-state index contributed by atoms with van der Waals surface area (Å²) < 4.78 is 72.4. The molecule has 1 unspecified atom stereocenters. The zero-order valence-corrected chi connectivity index (χ0v) is 18.9. The zero-order chi connectivity index (χ0) is 23.6. The molecule has 3 rings (SSSR count). The molecular formula is C23H26F4N2O2S. The van der Waals surface area contributed by atoms with Gasteiger partial charge >= 0.3 is 0 Å². The summed E-state index contributed by atoms with van der Waals surface area (Å²) in [5.41, 5.74) is 0.203. The molecule has 0 radical (unpaired) electrons. The standard InChI is InChI=1S/C23H26F4N2O2S/c1-4-32(31)28-22-19(26)12-29(23(30)13(2)3)20(22)10-14-6-5-7-18(21(14)27)15-8-16(24)11-17(25)9-15/h5-9,11,13,19-20,22,28H,4,10,12H2,1-3H3/t19-,20-,22-,32?/m0/s1. The van der Waals surface area contributed by atoms with Crippen LogP contribution in [0.25, 0.3) is 11.1 Å². The van der Waals surface area contributed by atoms with Crippen molar-refractivity contribution in [2.45, 2.75) is 45.4 Å². The summed E-state index contributed by atoms with van der Waals surface area (Å²) in [6, 6.07) is 5.48. The lowest BCUT2D eigenvalue weighted by Gasteiger charge is -2.30. The Bertz CT molecular complexity index is 997. The highest BCUT2D eigenvalue weighted by Gasteiger charge is 2.45. The van der Waals surface area contributed by atoms with Gasteiger partial charge in [-0.15, -0.1) is 0 Å². The van der Waals surface area contributed by atoms with Gasteiger partial charge in [-0.2, -0.15) is 0 Å². The van der Waals surface area contributed by atoms with Crippen LogP contribution in [-0.4, -0.2) is 45.6 Å². The fourth-order valence-corrected chi connectivity index (χ4v) is 4.75. The van der Waals surface area contributed by atoms with Crippen LogP contribution in [0.3, 0.4) is 0 Å². The van der Waals surface area contributed by atoms with Crippen LogP contribution in [0.2, 0.25) is 0 Å². The van der Waals surface area contributed by atoms with Crippen molar-refractivity contribution in [2.24, 2.45) is 5.92 Å². The Hall–Kier alpha value is -2.26. The molecule has 1 fully saturated rings. The van der Waals surface area contributed by atoms with Crippen molar-refractivity contribution in [1.29, 1.82) is 0 Å². The predicted molar refractivity (Wildman–Crippen MR) is 116 cm³/mol. The van der Waals surface area contributed by atoms with E-state index in [1.165, 1.54) is 17.0 Å². The van der Waals surface area contributed by atoms with Crippen LogP contribution in [0.4, 0.5) is 17.6 Å². The number of hydrogen-bond donors (Lipinski definition) is 1. The van der Waals surface area contributed by atoms with Crippen molar-refractivity contribution in [2.75, 3.05) is 12.3 Å². The van der Waals surface area contributed by atoms with E-state index in [2.05, 4.69) is 4.72 Å². The number of nitrogens with one attached hydrogen (secondary N) is 1. The van der Waals surface area contributed by atoms with E-state index >= 15 is 4.39 Å². The molecule has 4 nitrogen and oxygen atoms in total. The summed E-state index contributed by atoms with van der Waals surface area (Å²) in [6.45, 7) is 4.88. The largest absolute Gasteiger partial charge is 0.334 e. The van der Waals surface area contributed by atoms with E-state index in [0.29, 0.717) is 6.07 Å². The van der Waals surface area contributed by atoms with Crippen LogP contribution < -0.4 is 4.72 Å². The summed E-state index contributed by atoms with van der Waals surface area (Å²) in [6.07, 6.45) is -1.52. The van der Waals surface area contributed by atoms with E-state index in [0.717, 1.165) is 12.1 Å². The number of nitrogens with zero attached hydrogens (tertiary/aromatic N) is 1. The average Bonchev–Trinajstić information content (AvgIpc) is 3.03. The first-order valence-electron chi connectivity index (χ1n) is 10.4. The number of rotatable bonds is 7. The van der Waals surface area contributed by atoms with Crippen molar-refractivity contribution in [1.82, 2.24) is 9.62 Å². The Morgan fingerprint density at radius 1 is 1.19 bits per heavy atom. The topological polar surface area (TPSA) is 49.4 Å². The first-order chi connectivity index (χ1) is 15.1. The van der Waals surface area contributed by atoms with Gasteiger partial charge < -0.3 is 4.90 Å². The Balaban J connectivity index is 1.99. The highest BCUT2D eigenvalue weighted by molar-refractivity contribution is 7.83. The monoisotopic (exact) mass is 470 g/mol. The second kappa shape index (κ2) is 10.1. The van der Waals surface area contributed by atoms with Gasteiger partial charge in [0.1, 0.15) is 23.6 Å². The van der Waals surface area contributed by atoms with Gasteiger partial charge in [-0.25, -0.2) is 26.5 Å². The van der Waals surface area contributed by atoms with Gasteiger partial charge in [0.25, 0.3) is 0 Å². The Kier molecular flexibility index (Phi) is 7.71. The van der Waals surface area contributed by atoms with Crippen molar-refractivity contribution in [3.63, 3.8) is 0 Å². The maximum absolute atomic E-state index is 15.4. The number of benzene rings is 2. The lowest BCUT2D eigenvalue weighted by Crippen LogP contribution is -2.49. The van der Waals surface area contributed by atoms with Crippen LogP contribution in [0.15, 0.2) is 36.4 Å². The minimum absolute atomic E-state index is 0.000856. The van der Waals surface area contributed by atoms with Gasteiger partial charge in [0.2, 0.25) is 5.91 Å². The second-order valence-electron chi connectivity index (χ2n) is 8.15. The molecule has 1 saturated heterocycles. The van der Waals surface area contributed by atoms with Gasteiger partial charge in [0, 0.05) is 23.3 Å². The Morgan fingerprint density at radius 2 is 1.84 bits per heavy atom. The quantitative estimate of drug-likeness (QED) is 0.618. The van der Waals surface area contributed by atoms with Crippen molar-refractivity contribution in [3.8, 4) is 11.1 Å². The van der Waals surface area contributed by atoms with Crippen LogP contribution in [-0.2, 0) is 22.2 Å². The number of carbonyl (C=O) groups is 1. The first-order valence-corrected chi connectivity index (χ1v) is 11.8. The third-order valence-electron chi connectivity index (χ3n) is 5.56. The number of likely N-dealkylation sites (tertiary alicyclic amines) is 1. The van der Waals surface area contributed by atoms with E-state index in [9.17, 15) is 22.2 Å². The molecule has 0 aliphatic carbocycles. The van der Waals surface area contributed by atoms with Crippen LogP contribution in [0.1, 0.15) is 26.3 Å². The summed E-state index contributed by atoms with van der Waals surface area (Å²) in [4.78, 5) is 14.1. The number of hydrogen-bond acceptors (Lipinski definition) is 2. The van der Waals surface area contributed by atoms with Crippen molar-refractivity contribution < 1.29 is 26.6 Å². The third kappa shape index (κ3) is 5.20. The molecule has 4 atom stereocenters. The third-order valence-corrected chi connectivity index (χ3v) is 6.62. The highest BCUT2D eigenvalue weighted by Crippen LogP contribution is 2.31. The van der Waals surface area contributed by atoms with E-state index in [-0.39, 0.29) is 41.3 Å². The minimum Gasteiger partial charge on any atom is -0.334 e. The van der Waals surface area contributed by atoms with E-state index in [1.54, 1.807) is 26.8 Å². The molecular weight excluding hydrogens is 444 g/mol. The SMILES string of the molecule is CCS(=O)N[C@H]1[C@@H](F)CN(C(=O)C(C)C)[C@H]1Cc1cccc(-c2cc(F)cc(F)c2)c1F. The first kappa shape index (κ1) is 24.4. The smallest absolute Gasteiger partial charge is 0.225 e. The van der Waals surface area contributed by atoms with Crippen molar-refractivity contribution in [3.05, 3.63) is 59.4 Å². The highest BCUT2D eigenvalue weighted by atomic mass is 32.2. The molecule has 0 spiro atoms. The summed E-state index contributed by atoms with van der Waals surface area (Å²) in [7, 11) is -1.50. The molecule has 2 aromatic rings. The molecule has 1 N–H and O–H groups in total. The van der Waals surface area contributed by atoms with Crippen LogP contribution >= 0.6 is 0 Å². The van der Waals surface area contributed by atoms with Crippen molar-refractivity contribution >= 4 is 16.9 Å². The fourth-order valence-electron chi connectivity index (χ4n) is 3.98. The van der Waals surface area contributed by atoms with Gasteiger partial charge in [-0.3, -0.25) is 4.79 Å². The van der Waals surface area contributed by atoms with E-state index in [1.807, 2.05) is 0 Å². The molecule has 9 heteroatoms. The molecule has 1 aliphatic heterocycles. The number of amides is 1. The molecule has 1 amide bonds. The molecule has 1 aliphatic rings. The van der Waals surface area contributed by atoms with E-state index in [4.69, 9.17) is 0 Å². The summed E-state index contributed by atoms with van der Waals surface area (Å²) in [5.74, 6) is -2.79. The van der Waals surface area contributed by atoms with Gasteiger partial charge in [-0.05, 0) is 29.7 Å². The minimum atomic E-state index is -1.50. The second-order valence-corrected chi connectivity index (χ2v) is 9.65. The van der Waals surface area contributed by atoms with Crippen LogP contribution in [0, 0.1) is 23.4 Å². The molecule has 1 heterocycles. The maximum Gasteiger partial charge on any atom is 0.225 e. The summed E-state index contributed by atoms with van der Waals surface area (Å²) in [5, 5.41) is 0. The normalized spacial score (nSPS) is 21.9. The predicted octanol–water partition coefficient (Wildman–Crippen LogP) is 4.16. The molecule has 174 valence electrons. The fraction of sp³-hybridized carbons (Fsp3) is 0.435. The Labute approximate surface area is 187 Å². The molecule has 2 aromatic carbocycles. The van der Waals surface area contributed by atoms with E-state index < -0.39 is 52.6 Å². The number of alkyl halides is 1. The van der Waals surface area contributed by atoms with Crippen LogP contribution in [0.5, 0.6) is 0 Å². The zero-order valence-electron chi connectivity index (χ0n) is 18.1. The maximum atomic E-state index is 15.4. The molecule has 32 heavy (non-hydrogen) atoms. The molecule has 0 bridgehead atoms.